The number of unbranched alkanes of at least 4 members (excludes halogenated alkanes) is 18. The monoisotopic (exact) mass is 853 g/mol. The molecule has 6 fully saturated rings. The van der Waals surface area contributed by atoms with Gasteiger partial charge in [0.1, 0.15) is 0 Å². The summed E-state index contributed by atoms with van der Waals surface area (Å²) in [4.78, 5) is 5.30. The van der Waals surface area contributed by atoms with Crippen molar-refractivity contribution in [2.75, 3.05) is 91.6 Å². The summed E-state index contributed by atoms with van der Waals surface area (Å²) in [5, 5.41) is 33.9. The van der Waals surface area contributed by atoms with E-state index in [0.29, 0.717) is 0 Å². The minimum absolute atomic E-state index is 0. The van der Waals surface area contributed by atoms with Crippen molar-refractivity contribution in [2.24, 2.45) is 0 Å². The number of isothiocyanates is 4. The molecule has 6 rings (SSSR count). The van der Waals surface area contributed by atoms with E-state index >= 15 is 0 Å². The third-order valence-corrected chi connectivity index (χ3v) is 11.3. The van der Waals surface area contributed by atoms with Crippen molar-refractivity contribution in [3.63, 3.8) is 0 Å². The summed E-state index contributed by atoms with van der Waals surface area (Å²) >= 11 is 14.8. The van der Waals surface area contributed by atoms with Crippen molar-refractivity contribution >= 4 is 69.5 Å². The molecule has 0 unspecified atom stereocenters. The number of hydrogen-bond donors (Lipinski definition) is 0. The Labute approximate surface area is 358 Å². The molecule has 0 aromatic rings. The molecule has 0 saturated carbocycles. The van der Waals surface area contributed by atoms with Crippen molar-refractivity contribution in [1.82, 2.24) is 9.80 Å². The normalized spacial score (nSPS) is 22.5. The summed E-state index contributed by atoms with van der Waals surface area (Å²) in [6.07, 6.45) is 29.3. The smallest absolute Gasteiger partial charge is 0.753 e. The molecular weight excluding hydrogens is 780 g/mol. The van der Waals surface area contributed by atoms with Gasteiger partial charge in [0.25, 0.3) is 0 Å². The molecule has 0 amide bonds. The predicted molar refractivity (Wildman–Crippen MR) is 240 cm³/mol. The fourth-order valence-electron chi connectivity index (χ4n) is 8.00. The number of quaternary nitrogens is 2. The van der Waals surface area contributed by atoms with Crippen LogP contribution in [0.5, 0.6) is 0 Å². The van der Waals surface area contributed by atoms with Crippen molar-refractivity contribution < 1.29 is 25.7 Å². The van der Waals surface area contributed by atoms with E-state index in [2.05, 4.69) is 72.5 Å². The standard InChI is InChI=1S/2C18H37N2.4CNS.Co/c2*1-2-3-4-5-6-7-8-9-10-11-15-20-16-12-19(13-17-20)14-18-20;4*2-1-3;/h2*2-18H2,1H3;;;;;/q2*+1;4*-1;+2. The Morgan fingerprint density at radius 1 is 0.377 bits per heavy atom. The molecule has 0 aliphatic carbocycles. The second-order valence-electron chi connectivity index (χ2n) is 14.9. The first-order valence-electron chi connectivity index (χ1n) is 20.6. The van der Waals surface area contributed by atoms with Gasteiger partial charge in [0.2, 0.25) is 0 Å². The van der Waals surface area contributed by atoms with Crippen LogP contribution in [0.15, 0.2) is 0 Å². The van der Waals surface area contributed by atoms with Crippen molar-refractivity contribution in [1.29, 1.82) is 0 Å². The topological polar surface area (TPSA) is 95.7 Å². The van der Waals surface area contributed by atoms with Crippen LogP contribution < -0.4 is 0 Å². The van der Waals surface area contributed by atoms with Crippen LogP contribution >= 0.6 is 48.9 Å². The zero-order valence-corrected chi connectivity index (χ0v) is 37.9. The van der Waals surface area contributed by atoms with Gasteiger partial charge >= 0.3 is 16.8 Å². The largest absolute Gasteiger partial charge is 2.00 e. The molecule has 6 aliphatic heterocycles. The summed E-state index contributed by atoms with van der Waals surface area (Å²) in [5.74, 6) is 0. The van der Waals surface area contributed by atoms with E-state index in [1.165, 1.54) is 250 Å². The van der Waals surface area contributed by atoms with Crippen LogP contribution in [0.4, 0.5) is 0 Å². The summed E-state index contributed by atoms with van der Waals surface area (Å²) in [6.45, 7) is 24.4. The van der Waals surface area contributed by atoms with E-state index in [4.69, 9.17) is 21.6 Å². The average Bonchev–Trinajstić information content (AvgIpc) is 3.16. The molecule has 0 aromatic carbocycles. The number of nitrogens with zero attached hydrogens (tertiary/aromatic N) is 8. The van der Waals surface area contributed by atoms with Crippen LogP contribution in [0, 0.1) is 0 Å². The Kier molecular flexibility index (Phi) is 45.8. The molecule has 4 bridgehead atoms. The fraction of sp³-hybridized carbons (Fsp3) is 0.900. The van der Waals surface area contributed by atoms with Crippen LogP contribution in [0.2, 0.25) is 0 Å². The van der Waals surface area contributed by atoms with Gasteiger partial charge in [0.15, 0.2) is 0 Å². The predicted octanol–water partition coefficient (Wildman–Crippen LogP) is 10.7. The minimum Gasteiger partial charge on any atom is -0.753 e. The molecule has 0 N–H and O–H groups in total. The van der Waals surface area contributed by atoms with E-state index in [0.717, 1.165) is 0 Å². The summed E-state index contributed by atoms with van der Waals surface area (Å²) in [6, 6.07) is 0. The average molecular weight is 854 g/mol. The molecule has 6 saturated heterocycles. The number of thiocarbonyl (C=S) groups is 4. The van der Waals surface area contributed by atoms with Gasteiger partial charge in [0, 0.05) is 39.3 Å². The Balaban J connectivity index is -0.000000716. The molecule has 6 aliphatic rings. The van der Waals surface area contributed by atoms with Crippen molar-refractivity contribution in [3.8, 4) is 0 Å². The van der Waals surface area contributed by atoms with E-state index < -0.39 is 0 Å². The number of hydrogen-bond acceptors (Lipinski definition) is 6. The summed E-state index contributed by atoms with van der Waals surface area (Å²) < 4.78 is 2.93. The first-order valence-corrected chi connectivity index (χ1v) is 22.2. The third-order valence-electron chi connectivity index (χ3n) is 11.3. The van der Waals surface area contributed by atoms with Gasteiger partial charge in [-0.05, 0) is 25.7 Å². The van der Waals surface area contributed by atoms with Gasteiger partial charge in [-0.1, -0.05) is 165 Å². The van der Waals surface area contributed by atoms with Crippen LogP contribution in [-0.2, 0) is 16.8 Å². The Bertz CT molecular complexity index is 821. The van der Waals surface area contributed by atoms with Crippen LogP contribution in [0.25, 0.3) is 21.6 Å². The van der Waals surface area contributed by atoms with Crippen molar-refractivity contribution in [2.45, 2.75) is 142 Å². The van der Waals surface area contributed by atoms with Gasteiger partial charge in [0.05, 0.1) is 52.4 Å². The first-order chi connectivity index (χ1) is 25.3. The van der Waals surface area contributed by atoms with Gasteiger partial charge in [-0.25, -0.2) is 0 Å². The molecule has 1 radical (unpaired) electrons. The van der Waals surface area contributed by atoms with E-state index in [1.807, 2.05) is 0 Å². The van der Waals surface area contributed by atoms with Gasteiger partial charge in [-0.2, -0.15) is 20.6 Å². The molecule has 307 valence electrons. The maximum absolute atomic E-state index is 7.13. The van der Waals surface area contributed by atoms with Crippen LogP contribution in [0.1, 0.15) is 142 Å². The summed E-state index contributed by atoms with van der Waals surface area (Å²) in [5.41, 5.74) is 0. The van der Waals surface area contributed by atoms with E-state index in [9.17, 15) is 0 Å². The fourth-order valence-corrected chi connectivity index (χ4v) is 8.00. The quantitative estimate of drug-likeness (QED) is 0.0466. The summed E-state index contributed by atoms with van der Waals surface area (Å²) in [7, 11) is 0. The Hall–Kier alpha value is -0.454. The molecule has 53 heavy (non-hydrogen) atoms. The zero-order chi connectivity index (χ0) is 39.0. The number of piperazine rings is 6. The van der Waals surface area contributed by atoms with Crippen LogP contribution in [0.3, 0.4) is 0 Å². The van der Waals surface area contributed by atoms with E-state index in [1.54, 1.807) is 0 Å². The Morgan fingerprint density at radius 3 is 0.736 bits per heavy atom. The van der Waals surface area contributed by atoms with Gasteiger partial charge in [-0.3, -0.25) is 9.80 Å². The maximum Gasteiger partial charge on any atom is 2.00 e. The number of rotatable bonds is 22. The first kappa shape index (κ1) is 56.9. The molecular formula is C40H74CoN8S4. The zero-order valence-electron chi connectivity index (χ0n) is 33.6. The Morgan fingerprint density at radius 2 is 0.547 bits per heavy atom. The van der Waals surface area contributed by atoms with Crippen molar-refractivity contribution in [3.05, 3.63) is 21.6 Å². The molecule has 8 nitrogen and oxygen atoms in total. The number of fused-ring (bicyclic) bond motifs is 6. The second-order valence-corrected chi connectivity index (χ2v) is 15.6. The van der Waals surface area contributed by atoms with Gasteiger partial charge < -0.3 is 30.6 Å². The van der Waals surface area contributed by atoms with Gasteiger partial charge in [-0.15, -0.1) is 0 Å². The maximum atomic E-state index is 7.13. The SMILES string of the molecule is CCCCCCCCCCCC[N+]12CCN(CC1)CC2.CCCCCCCCCCCC[N+]12CCN(CC1)CC2.[Co+2].[N-]=C=S.[N-]=C=S.[N-]=C=S.[N-]=C=S. The molecule has 0 atom stereocenters. The minimum atomic E-state index is 0. The molecule has 6 heterocycles. The van der Waals surface area contributed by atoms with E-state index in [-0.39, 0.29) is 16.8 Å². The third kappa shape index (κ3) is 33.4. The molecule has 0 spiro atoms. The van der Waals surface area contributed by atoms with Crippen LogP contribution in [-0.4, -0.2) is 131 Å². The second kappa shape index (κ2) is 42.7. The molecule has 13 heteroatoms. The molecule has 0 aromatic heterocycles.